The third-order valence-corrected chi connectivity index (χ3v) is 2.69. The quantitative estimate of drug-likeness (QED) is 0.686. The van der Waals surface area contributed by atoms with Gasteiger partial charge in [-0.3, -0.25) is 0 Å². The van der Waals surface area contributed by atoms with Crippen molar-refractivity contribution in [2.24, 2.45) is 0 Å². The molecule has 0 saturated heterocycles. The minimum absolute atomic E-state index is 0.0944. The number of phenols is 2. The smallest absolute Gasteiger partial charge is 0.156 e. The highest BCUT2D eigenvalue weighted by molar-refractivity contribution is 6.38. The van der Waals surface area contributed by atoms with E-state index >= 15 is 0 Å². The second kappa shape index (κ2) is 3.04. The van der Waals surface area contributed by atoms with Crippen molar-refractivity contribution in [2.45, 2.75) is 13.8 Å². The Kier molecular flexibility index (Phi) is 2.40. The topological polar surface area (TPSA) is 40.5 Å². The van der Waals surface area contributed by atoms with Gasteiger partial charge in [0.15, 0.2) is 5.75 Å². The standard InChI is InChI=1S/C8H8Cl2O2/c1-3-4(2)7(11)6(10)8(12)5(3)9/h11-12H,1-2H3. The van der Waals surface area contributed by atoms with Crippen LogP contribution in [0.15, 0.2) is 0 Å². The average molecular weight is 207 g/mol. The summed E-state index contributed by atoms with van der Waals surface area (Å²) in [7, 11) is 0. The highest BCUT2D eigenvalue weighted by Gasteiger charge is 2.15. The molecule has 66 valence electrons. The fourth-order valence-electron chi connectivity index (χ4n) is 0.893. The maximum atomic E-state index is 9.34. The number of hydrogen-bond acceptors (Lipinski definition) is 2. The van der Waals surface area contributed by atoms with Crippen molar-refractivity contribution in [3.63, 3.8) is 0 Å². The molecule has 0 aromatic heterocycles. The van der Waals surface area contributed by atoms with Gasteiger partial charge in [-0.1, -0.05) is 23.2 Å². The third-order valence-electron chi connectivity index (χ3n) is 1.87. The van der Waals surface area contributed by atoms with E-state index in [4.69, 9.17) is 23.2 Å². The number of hydrogen-bond donors (Lipinski definition) is 2. The van der Waals surface area contributed by atoms with Crippen molar-refractivity contribution in [2.75, 3.05) is 0 Å². The first-order valence-electron chi connectivity index (χ1n) is 3.33. The van der Waals surface area contributed by atoms with Crippen molar-refractivity contribution in [1.82, 2.24) is 0 Å². The molecule has 0 aliphatic carbocycles. The molecule has 0 spiro atoms. The van der Waals surface area contributed by atoms with Crippen molar-refractivity contribution in [1.29, 1.82) is 0 Å². The van der Waals surface area contributed by atoms with E-state index in [9.17, 15) is 10.2 Å². The van der Waals surface area contributed by atoms with Crippen LogP contribution in [0.3, 0.4) is 0 Å². The first-order chi connectivity index (χ1) is 5.46. The molecule has 0 unspecified atom stereocenters. The summed E-state index contributed by atoms with van der Waals surface area (Å²) >= 11 is 11.3. The van der Waals surface area contributed by atoms with E-state index in [1.54, 1.807) is 13.8 Å². The van der Waals surface area contributed by atoms with Crippen LogP contribution in [0.1, 0.15) is 11.1 Å². The fraction of sp³-hybridized carbons (Fsp3) is 0.250. The van der Waals surface area contributed by atoms with Gasteiger partial charge in [0.25, 0.3) is 0 Å². The molecule has 2 N–H and O–H groups in total. The number of rotatable bonds is 0. The van der Waals surface area contributed by atoms with Crippen LogP contribution in [0.25, 0.3) is 0 Å². The molecule has 0 aliphatic rings. The van der Waals surface area contributed by atoms with E-state index in [-0.39, 0.29) is 21.5 Å². The minimum Gasteiger partial charge on any atom is -0.506 e. The molecule has 1 aromatic carbocycles. The summed E-state index contributed by atoms with van der Waals surface area (Å²) in [5, 5.41) is 18.7. The van der Waals surface area contributed by atoms with E-state index in [0.29, 0.717) is 11.1 Å². The third kappa shape index (κ3) is 1.21. The molecule has 4 heteroatoms. The average Bonchev–Trinajstić information content (AvgIpc) is 2.08. The number of halogens is 2. The van der Waals surface area contributed by atoms with Gasteiger partial charge in [0.1, 0.15) is 10.8 Å². The number of benzene rings is 1. The Labute approximate surface area is 80.4 Å². The Morgan fingerprint density at radius 2 is 1.33 bits per heavy atom. The molecule has 0 heterocycles. The summed E-state index contributed by atoms with van der Waals surface area (Å²) in [5.41, 5.74) is 1.22. The molecular formula is C8H8Cl2O2. The molecule has 2 nitrogen and oxygen atoms in total. The molecule has 1 rings (SSSR count). The summed E-state index contributed by atoms with van der Waals surface area (Å²) in [6.07, 6.45) is 0. The highest BCUT2D eigenvalue weighted by Crippen LogP contribution is 2.43. The molecule has 0 amide bonds. The van der Waals surface area contributed by atoms with Crippen LogP contribution in [0.2, 0.25) is 10.0 Å². The lowest BCUT2D eigenvalue weighted by atomic mass is 10.1. The molecule has 0 aliphatic heterocycles. The van der Waals surface area contributed by atoms with Crippen LogP contribution in [-0.2, 0) is 0 Å². The largest absolute Gasteiger partial charge is 0.506 e. The van der Waals surface area contributed by atoms with E-state index < -0.39 is 0 Å². The van der Waals surface area contributed by atoms with Gasteiger partial charge in [-0.15, -0.1) is 0 Å². The van der Waals surface area contributed by atoms with Gasteiger partial charge in [-0.05, 0) is 25.0 Å². The highest BCUT2D eigenvalue weighted by atomic mass is 35.5. The second-order valence-electron chi connectivity index (χ2n) is 2.58. The zero-order valence-electron chi connectivity index (χ0n) is 6.65. The van der Waals surface area contributed by atoms with Crippen LogP contribution < -0.4 is 0 Å². The maximum absolute atomic E-state index is 9.34. The molecule has 0 bridgehead atoms. The summed E-state index contributed by atoms with van der Waals surface area (Å²) in [6.45, 7) is 3.38. The summed E-state index contributed by atoms with van der Waals surface area (Å²) in [5.74, 6) is -0.380. The van der Waals surface area contributed by atoms with Gasteiger partial charge in [0.2, 0.25) is 0 Å². The zero-order chi connectivity index (χ0) is 9.46. The first kappa shape index (κ1) is 9.49. The Bertz CT molecular complexity index is 229. The van der Waals surface area contributed by atoms with Crippen LogP contribution in [0.5, 0.6) is 11.5 Å². The lowest BCUT2D eigenvalue weighted by Gasteiger charge is -2.09. The Hall–Kier alpha value is -0.600. The summed E-state index contributed by atoms with van der Waals surface area (Å²) < 4.78 is 0. The van der Waals surface area contributed by atoms with E-state index in [1.165, 1.54) is 0 Å². The zero-order valence-corrected chi connectivity index (χ0v) is 8.16. The normalized spacial score (nSPS) is 10.3. The van der Waals surface area contributed by atoms with Gasteiger partial charge in [-0.2, -0.15) is 0 Å². The summed E-state index contributed by atoms with van der Waals surface area (Å²) in [6, 6.07) is 0. The van der Waals surface area contributed by atoms with Crippen molar-refractivity contribution in [3.8, 4) is 11.5 Å². The Balaban J connectivity index is 3.60. The Morgan fingerprint density at radius 1 is 0.833 bits per heavy atom. The predicted octanol–water partition coefficient (Wildman–Crippen LogP) is 3.02. The Morgan fingerprint density at radius 3 is 1.83 bits per heavy atom. The van der Waals surface area contributed by atoms with Crippen LogP contribution in [-0.4, -0.2) is 10.2 Å². The van der Waals surface area contributed by atoms with Crippen LogP contribution in [0, 0.1) is 13.8 Å². The molecular weight excluding hydrogens is 199 g/mol. The van der Waals surface area contributed by atoms with E-state index in [0.717, 1.165) is 0 Å². The number of aromatic hydroxyl groups is 2. The minimum atomic E-state index is -0.265. The van der Waals surface area contributed by atoms with Gasteiger partial charge in [0, 0.05) is 0 Å². The number of phenolic OH excluding ortho intramolecular Hbond substituents is 2. The van der Waals surface area contributed by atoms with E-state index in [1.807, 2.05) is 0 Å². The first-order valence-corrected chi connectivity index (χ1v) is 4.08. The summed E-state index contributed by atoms with van der Waals surface area (Å²) in [4.78, 5) is 0. The molecule has 1 aromatic rings. The molecule has 0 fully saturated rings. The predicted molar refractivity (Wildman–Crippen MR) is 49.3 cm³/mol. The fourth-order valence-corrected chi connectivity index (χ4v) is 1.41. The van der Waals surface area contributed by atoms with Gasteiger partial charge < -0.3 is 10.2 Å². The van der Waals surface area contributed by atoms with Crippen molar-refractivity contribution < 1.29 is 10.2 Å². The van der Waals surface area contributed by atoms with Gasteiger partial charge >= 0.3 is 0 Å². The molecule has 12 heavy (non-hydrogen) atoms. The van der Waals surface area contributed by atoms with Crippen LogP contribution in [0.4, 0.5) is 0 Å². The van der Waals surface area contributed by atoms with E-state index in [2.05, 4.69) is 0 Å². The molecule has 0 radical (unpaired) electrons. The van der Waals surface area contributed by atoms with Gasteiger partial charge in [0.05, 0.1) is 5.02 Å². The van der Waals surface area contributed by atoms with Crippen molar-refractivity contribution in [3.05, 3.63) is 21.2 Å². The van der Waals surface area contributed by atoms with Gasteiger partial charge in [-0.25, -0.2) is 0 Å². The lowest BCUT2D eigenvalue weighted by Crippen LogP contribution is -1.85. The molecule has 0 atom stereocenters. The monoisotopic (exact) mass is 206 g/mol. The van der Waals surface area contributed by atoms with Crippen molar-refractivity contribution >= 4 is 23.2 Å². The SMILES string of the molecule is Cc1c(C)c(Cl)c(O)c(Cl)c1O. The lowest BCUT2D eigenvalue weighted by molar-refractivity contribution is 0.447. The van der Waals surface area contributed by atoms with Crippen LogP contribution >= 0.6 is 23.2 Å². The molecule has 0 saturated carbocycles. The second-order valence-corrected chi connectivity index (χ2v) is 3.33. The maximum Gasteiger partial charge on any atom is 0.156 e.